The Hall–Kier alpha value is -1.10. The number of nitrogens with one attached hydrogen (secondary N) is 1. The molecular weight excluding hydrogens is 252 g/mol. The molecule has 20 heavy (non-hydrogen) atoms. The normalized spacial score (nSPS) is 10.8. The van der Waals surface area contributed by atoms with Crippen molar-refractivity contribution in [2.24, 2.45) is 0 Å². The van der Waals surface area contributed by atoms with Crippen LogP contribution in [0.2, 0.25) is 0 Å². The number of nitrogens with zero attached hydrogens (tertiary/aromatic N) is 1. The van der Waals surface area contributed by atoms with E-state index in [2.05, 4.69) is 35.3 Å². The third kappa shape index (κ3) is 5.49. The van der Waals surface area contributed by atoms with E-state index >= 15 is 0 Å². The van der Waals surface area contributed by atoms with Gasteiger partial charge in [-0.05, 0) is 32.0 Å². The molecule has 4 nitrogen and oxygen atoms in total. The van der Waals surface area contributed by atoms with Crippen molar-refractivity contribution < 1.29 is 9.47 Å². The summed E-state index contributed by atoms with van der Waals surface area (Å²) in [6.45, 7) is 6.42. The molecule has 1 aromatic rings. The zero-order valence-corrected chi connectivity index (χ0v) is 13.2. The van der Waals surface area contributed by atoms with Crippen LogP contribution in [0, 0.1) is 6.92 Å². The molecule has 0 bridgehead atoms. The summed E-state index contributed by atoms with van der Waals surface area (Å²) in [7, 11) is 5.48. The highest BCUT2D eigenvalue weighted by Crippen LogP contribution is 2.22. The van der Waals surface area contributed by atoms with Gasteiger partial charge in [-0.25, -0.2) is 0 Å². The monoisotopic (exact) mass is 280 g/mol. The average Bonchev–Trinajstić information content (AvgIpc) is 2.44. The Bertz CT molecular complexity index is 383. The largest absolute Gasteiger partial charge is 0.385 e. The van der Waals surface area contributed by atoms with E-state index in [-0.39, 0.29) is 0 Å². The van der Waals surface area contributed by atoms with Crippen LogP contribution >= 0.6 is 0 Å². The highest BCUT2D eigenvalue weighted by atomic mass is 16.5. The number of hydrogen-bond acceptors (Lipinski definition) is 4. The molecule has 0 saturated carbocycles. The Kier molecular flexibility index (Phi) is 8.26. The first-order valence-electron chi connectivity index (χ1n) is 7.20. The van der Waals surface area contributed by atoms with Crippen LogP contribution in [0.15, 0.2) is 18.2 Å². The van der Waals surface area contributed by atoms with Gasteiger partial charge in [0.1, 0.15) is 0 Å². The summed E-state index contributed by atoms with van der Waals surface area (Å²) in [4.78, 5) is 2.38. The van der Waals surface area contributed by atoms with Gasteiger partial charge in [0.05, 0.1) is 6.61 Å². The van der Waals surface area contributed by atoms with Gasteiger partial charge >= 0.3 is 0 Å². The van der Waals surface area contributed by atoms with Gasteiger partial charge in [0.15, 0.2) is 0 Å². The molecule has 0 aliphatic carbocycles. The van der Waals surface area contributed by atoms with Crippen LogP contribution in [0.1, 0.15) is 17.5 Å². The third-order valence-electron chi connectivity index (χ3n) is 3.28. The number of ether oxygens (including phenoxy) is 2. The van der Waals surface area contributed by atoms with Gasteiger partial charge in [-0.3, -0.25) is 0 Å². The quantitative estimate of drug-likeness (QED) is 0.666. The van der Waals surface area contributed by atoms with Crippen molar-refractivity contribution in [3.8, 4) is 0 Å². The van der Waals surface area contributed by atoms with Crippen LogP contribution in [0.5, 0.6) is 0 Å². The first-order chi connectivity index (χ1) is 9.72. The van der Waals surface area contributed by atoms with Crippen LogP contribution in [0.25, 0.3) is 0 Å². The van der Waals surface area contributed by atoms with Crippen LogP contribution in [-0.2, 0) is 16.0 Å². The van der Waals surface area contributed by atoms with Gasteiger partial charge < -0.3 is 19.7 Å². The van der Waals surface area contributed by atoms with Crippen molar-refractivity contribution in [2.45, 2.75) is 19.9 Å². The summed E-state index contributed by atoms with van der Waals surface area (Å²) in [5.74, 6) is 0. The van der Waals surface area contributed by atoms with E-state index in [1.807, 2.05) is 7.05 Å². The minimum absolute atomic E-state index is 0.736. The summed E-state index contributed by atoms with van der Waals surface area (Å²) in [6.07, 6.45) is 1.02. The molecule has 0 amide bonds. The van der Waals surface area contributed by atoms with Crippen molar-refractivity contribution >= 4 is 5.69 Å². The van der Waals surface area contributed by atoms with E-state index in [1.54, 1.807) is 14.2 Å². The Morgan fingerprint density at radius 1 is 1.10 bits per heavy atom. The molecular formula is C16H28N2O2. The summed E-state index contributed by atoms with van der Waals surface area (Å²) in [5, 5.41) is 3.25. The molecule has 0 aliphatic heterocycles. The van der Waals surface area contributed by atoms with E-state index < -0.39 is 0 Å². The number of aryl methyl sites for hydroxylation is 1. The second-order valence-corrected chi connectivity index (χ2v) is 4.99. The van der Waals surface area contributed by atoms with E-state index in [4.69, 9.17) is 9.47 Å². The van der Waals surface area contributed by atoms with Crippen LogP contribution in [0.4, 0.5) is 5.69 Å². The Labute approximate surface area is 123 Å². The highest BCUT2D eigenvalue weighted by molar-refractivity contribution is 5.55. The number of anilines is 1. The summed E-state index contributed by atoms with van der Waals surface area (Å²) >= 11 is 0. The lowest BCUT2D eigenvalue weighted by Crippen LogP contribution is -2.30. The Balaban J connectivity index is 2.86. The molecule has 1 rings (SSSR count). The number of rotatable bonds is 10. The molecule has 0 radical (unpaired) electrons. The molecule has 1 aromatic carbocycles. The molecule has 4 heteroatoms. The minimum Gasteiger partial charge on any atom is -0.385 e. The molecule has 0 spiro atoms. The van der Waals surface area contributed by atoms with E-state index in [1.165, 1.54) is 16.8 Å². The summed E-state index contributed by atoms with van der Waals surface area (Å²) in [6, 6.07) is 6.64. The SMILES string of the molecule is CNCc1cc(C)ccc1N(CCCOC)CCOC. The van der Waals surface area contributed by atoms with Crippen molar-refractivity contribution in [3.05, 3.63) is 29.3 Å². The predicted molar refractivity (Wildman–Crippen MR) is 84.5 cm³/mol. The molecule has 0 atom stereocenters. The average molecular weight is 280 g/mol. The second kappa shape index (κ2) is 9.75. The summed E-state index contributed by atoms with van der Waals surface area (Å²) < 4.78 is 10.4. The molecule has 0 fully saturated rings. The van der Waals surface area contributed by atoms with Crippen LogP contribution in [0.3, 0.4) is 0 Å². The van der Waals surface area contributed by atoms with E-state index in [0.29, 0.717) is 0 Å². The van der Waals surface area contributed by atoms with E-state index in [0.717, 1.165) is 39.3 Å². The number of benzene rings is 1. The van der Waals surface area contributed by atoms with Gasteiger partial charge in [0.25, 0.3) is 0 Å². The first kappa shape index (κ1) is 17.0. The van der Waals surface area contributed by atoms with E-state index in [9.17, 15) is 0 Å². The number of hydrogen-bond donors (Lipinski definition) is 1. The van der Waals surface area contributed by atoms with Gasteiger partial charge in [0.2, 0.25) is 0 Å². The lowest BCUT2D eigenvalue weighted by Gasteiger charge is -2.27. The maximum atomic E-state index is 5.24. The Morgan fingerprint density at radius 3 is 2.50 bits per heavy atom. The molecule has 0 saturated heterocycles. The lowest BCUT2D eigenvalue weighted by molar-refractivity contribution is 0.191. The first-order valence-corrected chi connectivity index (χ1v) is 7.20. The molecule has 0 heterocycles. The van der Waals surface area contributed by atoms with Crippen LogP contribution < -0.4 is 10.2 Å². The van der Waals surface area contributed by atoms with Crippen molar-refractivity contribution in [3.63, 3.8) is 0 Å². The topological polar surface area (TPSA) is 33.7 Å². The smallest absolute Gasteiger partial charge is 0.0637 e. The molecule has 0 aliphatic rings. The zero-order chi connectivity index (χ0) is 14.8. The van der Waals surface area contributed by atoms with Gasteiger partial charge in [-0.2, -0.15) is 0 Å². The zero-order valence-electron chi connectivity index (χ0n) is 13.2. The van der Waals surface area contributed by atoms with Crippen molar-refractivity contribution in [2.75, 3.05) is 52.5 Å². The Morgan fingerprint density at radius 2 is 1.85 bits per heavy atom. The van der Waals surface area contributed by atoms with Crippen molar-refractivity contribution in [1.29, 1.82) is 0 Å². The predicted octanol–water partition coefficient (Wildman–Crippen LogP) is 2.20. The highest BCUT2D eigenvalue weighted by Gasteiger charge is 2.11. The van der Waals surface area contributed by atoms with Gasteiger partial charge in [-0.15, -0.1) is 0 Å². The standard InChI is InChI=1S/C16H28N2O2/c1-14-6-7-16(15(12-14)13-17-2)18(9-11-20-4)8-5-10-19-3/h6-7,12,17H,5,8-11,13H2,1-4H3. The molecule has 0 unspecified atom stereocenters. The van der Waals surface area contributed by atoms with Crippen molar-refractivity contribution in [1.82, 2.24) is 5.32 Å². The maximum Gasteiger partial charge on any atom is 0.0637 e. The third-order valence-corrected chi connectivity index (χ3v) is 3.28. The number of methoxy groups -OCH3 is 2. The van der Waals surface area contributed by atoms with Gasteiger partial charge in [0, 0.05) is 46.1 Å². The molecule has 0 aromatic heterocycles. The summed E-state index contributed by atoms with van der Waals surface area (Å²) in [5.41, 5.74) is 3.92. The minimum atomic E-state index is 0.736. The second-order valence-electron chi connectivity index (χ2n) is 4.99. The van der Waals surface area contributed by atoms with Gasteiger partial charge in [-0.1, -0.05) is 17.7 Å². The molecule has 114 valence electrons. The fourth-order valence-corrected chi connectivity index (χ4v) is 2.31. The lowest BCUT2D eigenvalue weighted by atomic mass is 10.1. The van der Waals surface area contributed by atoms with Crippen LogP contribution in [-0.4, -0.2) is 47.6 Å². The fourth-order valence-electron chi connectivity index (χ4n) is 2.31. The molecule has 1 N–H and O–H groups in total. The fraction of sp³-hybridized carbons (Fsp3) is 0.625. The maximum absolute atomic E-state index is 5.24.